The van der Waals surface area contributed by atoms with Crippen molar-refractivity contribution in [1.29, 1.82) is 5.26 Å². The molecule has 4 heteroatoms. The number of nitriles is 1. The van der Waals surface area contributed by atoms with Gasteiger partial charge >= 0.3 is 0 Å². The van der Waals surface area contributed by atoms with E-state index in [-0.39, 0.29) is 11.8 Å². The van der Waals surface area contributed by atoms with E-state index in [0.29, 0.717) is 5.69 Å². The minimum atomic E-state index is -0.640. The second-order valence-electron chi connectivity index (χ2n) is 4.87. The number of amides is 1. The lowest BCUT2D eigenvalue weighted by atomic mass is 9.96. The van der Waals surface area contributed by atoms with Crippen LogP contribution in [0.1, 0.15) is 13.8 Å². The number of anilines is 1. The first-order valence-corrected chi connectivity index (χ1v) is 6.19. The summed E-state index contributed by atoms with van der Waals surface area (Å²) in [7, 11) is 1.67. The lowest BCUT2D eigenvalue weighted by molar-refractivity contribution is -0.121. The van der Waals surface area contributed by atoms with E-state index in [1.807, 2.05) is 38.1 Å². The Morgan fingerprint density at radius 1 is 1.37 bits per heavy atom. The molecule has 0 aliphatic heterocycles. The van der Waals surface area contributed by atoms with E-state index in [1.165, 1.54) is 4.90 Å². The van der Waals surface area contributed by atoms with Crippen molar-refractivity contribution in [3.63, 3.8) is 0 Å². The van der Waals surface area contributed by atoms with Crippen molar-refractivity contribution in [3.8, 4) is 6.07 Å². The van der Waals surface area contributed by atoms with E-state index in [1.54, 1.807) is 13.3 Å². The van der Waals surface area contributed by atoms with Gasteiger partial charge in [0.25, 0.3) is 0 Å². The van der Waals surface area contributed by atoms with Gasteiger partial charge in [-0.2, -0.15) is 5.26 Å². The fourth-order valence-corrected chi connectivity index (χ4v) is 2.04. The molecule has 1 atom stereocenters. The predicted octanol–water partition coefficient (Wildman–Crippen LogP) is 3.19. The molecular weight excluding hydrogens is 240 g/mol. The Balaban J connectivity index is 2.37. The summed E-state index contributed by atoms with van der Waals surface area (Å²) < 4.78 is 5.42. The van der Waals surface area contributed by atoms with Crippen LogP contribution >= 0.6 is 0 Å². The Morgan fingerprint density at radius 3 is 2.68 bits per heavy atom. The molecule has 0 bridgehead atoms. The predicted molar refractivity (Wildman–Crippen MR) is 73.6 cm³/mol. The highest BCUT2D eigenvalue weighted by atomic mass is 16.3. The first kappa shape index (κ1) is 13.2. The lowest BCUT2D eigenvalue weighted by Gasteiger charge is -2.20. The normalized spacial score (nSPS) is 12.4. The van der Waals surface area contributed by atoms with Crippen LogP contribution in [0.4, 0.5) is 5.69 Å². The van der Waals surface area contributed by atoms with E-state index in [9.17, 15) is 4.79 Å². The van der Waals surface area contributed by atoms with Crippen molar-refractivity contribution in [1.82, 2.24) is 0 Å². The molecule has 1 unspecified atom stereocenters. The highest BCUT2D eigenvalue weighted by molar-refractivity contribution is 6.03. The Hall–Kier alpha value is -2.28. The van der Waals surface area contributed by atoms with Gasteiger partial charge in [-0.05, 0) is 18.1 Å². The molecule has 2 rings (SSSR count). The molecule has 4 nitrogen and oxygen atoms in total. The maximum absolute atomic E-state index is 12.3. The molecule has 0 radical (unpaired) electrons. The Kier molecular flexibility index (Phi) is 3.57. The van der Waals surface area contributed by atoms with Gasteiger partial charge in [0.2, 0.25) is 5.91 Å². The fraction of sp³-hybridized carbons (Fsp3) is 0.333. The van der Waals surface area contributed by atoms with Gasteiger partial charge in [-0.25, -0.2) is 0 Å². The standard InChI is InChI=1S/C15H16N2O2/c1-10(2)12(8-16)15(18)17(3)13-9-19-14-7-5-4-6-11(13)14/h4-7,9-10,12H,1-3H3. The quantitative estimate of drug-likeness (QED) is 0.847. The van der Waals surface area contributed by atoms with Crippen LogP contribution in [0.5, 0.6) is 0 Å². The SMILES string of the molecule is CC(C)C(C#N)C(=O)N(C)c1coc2ccccc12. The summed E-state index contributed by atoms with van der Waals surface area (Å²) in [5, 5.41) is 9.98. The molecule has 0 aliphatic carbocycles. The monoisotopic (exact) mass is 256 g/mol. The molecule has 0 N–H and O–H groups in total. The zero-order chi connectivity index (χ0) is 14.0. The number of carbonyl (C=O) groups is 1. The van der Waals surface area contributed by atoms with Crippen LogP contribution in [0.2, 0.25) is 0 Å². The second kappa shape index (κ2) is 5.15. The molecule has 98 valence electrons. The largest absolute Gasteiger partial charge is 0.462 e. The molecule has 0 aliphatic rings. The third-order valence-corrected chi connectivity index (χ3v) is 3.22. The van der Waals surface area contributed by atoms with Crippen LogP contribution in [0, 0.1) is 23.2 Å². The number of rotatable bonds is 3. The van der Waals surface area contributed by atoms with Crippen molar-refractivity contribution in [2.75, 3.05) is 11.9 Å². The summed E-state index contributed by atoms with van der Waals surface area (Å²) in [6, 6.07) is 9.59. The number of furan rings is 1. The van der Waals surface area contributed by atoms with Gasteiger partial charge in [0.15, 0.2) is 0 Å². The number of fused-ring (bicyclic) bond motifs is 1. The van der Waals surface area contributed by atoms with Gasteiger partial charge < -0.3 is 9.32 Å². The Labute approximate surface area is 112 Å². The maximum atomic E-state index is 12.3. The summed E-state index contributed by atoms with van der Waals surface area (Å²) in [6.07, 6.45) is 1.55. The summed E-state index contributed by atoms with van der Waals surface area (Å²) in [6.45, 7) is 3.74. The second-order valence-corrected chi connectivity index (χ2v) is 4.87. The number of nitrogens with zero attached hydrogens (tertiary/aromatic N) is 2. The number of hydrogen-bond acceptors (Lipinski definition) is 3. The molecular formula is C15H16N2O2. The van der Waals surface area contributed by atoms with Crippen molar-refractivity contribution < 1.29 is 9.21 Å². The van der Waals surface area contributed by atoms with Crippen LogP contribution in [0.3, 0.4) is 0 Å². The Morgan fingerprint density at radius 2 is 2.05 bits per heavy atom. The van der Waals surface area contributed by atoms with Gasteiger partial charge in [-0.3, -0.25) is 4.79 Å². The highest BCUT2D eigenvalue weighted by Gasteiger charge is 2.27. The highest BCUT2D eigenvalue weighted by Crippen LogP contribution is 2.29. The van der Waals surface area contributed by atoms with E-state index in [2.05, 4.69) is 6.07 Å². The Bertz CT molecular complexity index is 637. The third-order valence-electron chi connectivity index (χ3n) is 3.22. The first-order valence-electron chi connectivity index (χ1n) is 6.19. The summed E-state index contributed by atoms with van der Waals surface area (Å²) in [5.41, 5.74) is 1.43. The molecule has 1 aromatic carbocycles. The molecule has 1 amide bonds. The smallest absolute Gasteiger partial charge is 0.244 e. The van der Waals surface area contributed by atoms with E-state index >= 15 is 0 Å². The minimum Gasteiger partial charge on any atom is -0.462 e. The van der Waals surface area contributed by atoms with Gasteiger partial charge in [0.05, 0.1) is 11.8 Å². The van der Waals surface area contributed by atoms with Gasteiger partial charge in [0, 0.05) is 12.4 Å². The molecule has 1 heterocycles. The van der Waals surface area contributed by atoms with E-state index in [0.717, 1.165) is 11.0 Å². The average Bonchev–Trinajstić information content (AvgIpc) is 2.82. The summed E-state index contributed by atoms with van der Waals surface area (Å²) in [4.78, 5) is 13.8. The number of benzene rings is 1. The fourth-order valence-electron chi connectivity index (χ4n) is 2.04. The molecule has 0 saturated carbocycles. The zero-order valence-corrected chi connectivity index (χ0v) is 11.3. The van der Waals surface area contributed by atoms with E-state index in [4.69, 9.17) is 9.68 Å². The van der Waals surface area contributed by atoms with Crippen molar-refractivity contribution >= 4 is 22.6 Å². The lowest BCUT2D eigenvalue weighted by Crippen LogP contribution is -2.34. The molecule has 0 spiro atoms. The first-order chi connectivity index (χ1) is 9.06. The molecule has 19 heavy (non-hydrogen) atoms. The topological polar surface area (TPSA) is 57.2 Å². The van der Waals surface area contributed by atoms with Crippen molar-refractivity contribution in [2.45, 2.75) is 13.8 Å². The van der Waals surface area contributed by atoms with Crippen LogP contribution in [-0.4, -0.2) is 13.0 Å². The third kappa shape index (κ3) is 2.32. The zero-order valence-electron chi connectivity index (χ0n) is 11.3. The summed E-state index contributed by atoms with van der Waals surface area (Å²) >= 11 is 0. The van der Waals surface area contributed by atoms with Crippen LogP contribution < -0.4 is 4.90 Å². The van der Waals surface area contributed by atoms with Crippen LogP contribution in [0.25, 0.3) is 11.0 Å². The van der Waals surface area contributed by atoms with Gasteiger partial charge in [0.1, 0.15) is 17.8 Å². The minimum absolute atomic E-state index is 0.0156. The van der Waals surface area contributed by atoms with Crippen LogP contribution in [0.15, 0.2) is 34.9 Å². The van der Waals surface area contributed by atoms with Crippen molar-refractivity contribution in [2.24, 2.45) is 11.8 Å². The van der Waals surface area contributed by atoms with Crippen LogP contribution in [-0.2, 0) is 4.79 Å². The molecule has 2 aromatic rings. The molecule has 1 aromatic heterocycles. The number of para-hydroxylation sites is 1. The number of hydrogen-bond donors (Lipinski definition) is 0. The van der Waals surface area contributed by atoms with Crippen molar-refractivity contribution in [3.05, 3.63) is 30.5 Å². The van der Waals surface area contributed by atoms with Gasteiger partial charge in [-0.1, -0.05) is 26.0 Å². The molecule has 0 fully saturated rings. The number of carbonyl (C=O) groups excluding carboxylic acids is 1. The maximum Gasteiger partial charge on any atom is 0.244 e. The average molecular weight is 256 g/mol. The summed E-state index contributed by atoms with van der Waals surface area (Å²) in [5.74, 6) is -0.860. The van der Waals surface area contributed by atoms with Gasteiger partial charge in [-0.15, -0.1) is 0 Å². The van der Waals surface area contributed by atoms with E-state index < -0.39 is 5.92 Å². The molecule has 0 saturated heterocycles.